The van der Waals surface area contributed by atoms with Crippen LogP contribution in [-0.4, -0.2) is 102 Å². The number of carbonyl (C=O) groups is 5. The van der Waals surface area contributed by atoms with Crippen LogP contribution in [0.1, 0.15) is 96.6 Å². The first-order chi connectivity index (χ1) is 25.8. The van der Waals surface area contributed by atoms with Crippen LogP contribution in [-0.2, 0) is 41.6 Å². The molecule has 2 aromatic rings. The Bertz CT molecular complexity index is 1530. The molecular weight excluding hydrogens is 683 g/mol. The zero-order chi connectivity index (χ0) is 39.3. The van der Waals surface area contributed by atoms with E-state index in [1.165, 1.54) is 0 Å². The highest BCUT2D eigenvalue weighted by molar-refractivity contribution is 5.99. The molecule has 54 heavy (non-hydrogen) atoms. The topological polar surface area (TPSA) is 140 Å². The lowest BCUT2D eigenvalue weighted by atomic mass is 9.92. The summed E-state index contributed by atoms with van der Waals surface area (Å²) in [7, 11) is 4.13. The van der Waals surface area contributed by atoms with Crippen molar-refractivity contribution in [1.29, 1.82) is 0 Å². The molecule has 296 valence electrons. The summed E-state index contributed by atoms with van der Waals surface area (Å²) < 4.78 is 5.44. The van der Waals surface area contributed by atoms with Gasteiger partial charge >= 0.3 is 0 Å². The number of hydrogen-bond donors (Lipinski definition) is 3. The van der Waals surface area contributed by atoms with Gasteiger partial charge in [0.25, 0.3) is 0 Å². The lowest BCUT2D eigenvalue weighted by Gasteiger charge is -2.33. The molecule has 0 aromatic heterocycles. The van der Waals surface area contributed by atoms with Gasteiger partial charge in [-0.15, -0.1) is 0 Å². The molecule has 11 nitrogen and oxygen atoms in total. The molecule has 2 aromatic carbocycles. The number of amides is 4. The van der Waals surface area contributed by atoms with Crippen molar-refractivity contribution < 1.29 is 28.7 Å². The highest BCUT2D eigenvalue weighted by Gasteiger charge is 2.51. The molecule has 6 atom stereocenters. The summed E-state index contributed by atoms with van der Waals surface area (Å²) in [6.07, 6.45) is 7.26. The molecule has 11 heteroatoms. The second kappa shape index (κ2) is 20.6. The fourth-order valence-electron chi connectivity index (χ4n) is 7.29. The highest BCUT2D eigenvalue weighted by atomic mass is 16.6. The number of unbranched alkanes of at least 4 members (excludes halogenated alkanes) is 4. The zero-order valence-electron chi connectivity index (χ0n) is 33.3. The van der Waals surface area contributed by atoms with Crippen LogP contribution in [0.4, 0.5) is 0 Å². The van der Waals surface area contributed by atoms with E-state index < -0.39 is 41.6 Å². The Morgan fingerprint density at radius 3 is 2.09 bits per heavy atom. The van der Waals surface area contributed by atoms with Crippen LogP contribution < -0.4 is 16.0 Å². The number of ketones is 1. The summed E-state index contributed by atoms with van der Waals surface area (Å²) in [4.78, 5) is 72.6. The van der Waals surface area contributed by atoms with Gasteiger partial charge in [-0.2, -0.15) is 0 Å². The minimum atomic E-state index is -0.913. The maximum atomic E-state index is 14.2. The molecule has 2 aliphatic heterocycles. The molecular formula is C43H63N5O6. The van der Waals surface area contributed by atoms with Gasteiger partial charge in [0.1, 0.15) is 23.7 Å². The van der Waals surface area contributed by atoms with Crippen LogP contribution in [0.3, 0.4) is 0 Å². The molecule has 0 aliphatic carbocycles. The van der Waals surface area contributed by atoms with Crippen LogP contribution in [0.15, 0.2) is 60.7 Å². The summed E-state index contributed by atoms with van der Waals surface area (Å²) in [6, 6.07) is 15.5. The Morgan fingerprint density at radius 2 is 1.48 bits per heavy atom. The third kappa shape index (κ3) is 13.0. The fraction of sp³-hybridized carbons (Fsp3) is 0.605. The molecule has 2 saturated heterocycles. The minimum Gasteiger partial charge on any atom is -0.361 e. The van der Waals surface area contributed by atoms with Crippen molar-refractivity contribution in [1.82, 2.24) is 25.8 Å². The number of Topliss-reactive ketones (excluding diaryl/α,β-unsaturated/α-hetero) is 1. The Labute approximate surface area is 322 Å². The van der Waals surface area contributed by atoms with Crippen molar-refractivity contribution in [3.63, 3.8) is 0 Å². The molecule has 0 saturated carbocycles. The van der Waals surface area contributed by atoms with E-state index >= 15 is 0 Å². The molecule has 0 bridgehead atoms. The van der Waals surface area contributed by atoms with Gasteiger partial charge in [-0.05, 0) is 90.1 Å². The summed E-state index contributed by atoms with van der Waals surface area (Å²) >= 11 is 0. The molecule has 0 spiro atoms. The first kappa shape index (κ1) is 42.6. The second-order valence-corrected chi connectivity index (χ2v) is 16.1. The molecule has 4 amide bonds. The Kier molecular flexibility index (Phi) is 16.2. The number of nitrogens with one attached hydrogen (secondary N) is 3. The number of carbonyl (C=O) groups excluding carboxylic acids is 5. The van der Waals surface area contributed by atoms with E-state index in [4.69, 9.17) is 4.74 Å². The molecule has 2 aliphatic rings. The van der Waals surface area contributed by atoms with E-state index in [9.17, 15) is 24.0 Å². The zero-order valence-corrected chi connectivity index (χ0v) is 33.3. The average molecular weight is 746 g/mol. The first-order valence-corrected chi connectivity index (χ1v) is 19.9. The van der Waals surface area contributed by atoms with Crippen LogP contribution >= 0.6 is 0 Å². The van der Waals surface area contributed by atoms with Crippen LogP contribution in [0, 0.1) is 5.92 Å². The number of ether oxygens (including phenoxy) is 1. The third-order valence-corrected chi connectivity index (χ3v) is 10.5. The number of epoxide rings is 1. The molecule has 2 fully saturated rings. The summed E-state index contributed by atoms with van der Waals surface area (Å²) in [5, 5.41) is 8.91. The van der Waals surface area contributed by atoms with Gasteiger partial charge < -0.3 is 30.5 Å². The van der Waals surface area contributed by atoms with Crippen molar-refractivity contribution in [3.05, 3.63) is 71.8 Å². The van der Waals surface area contributed by atoms with Crippen molar-refractivity contribution in [3.8, 4) is 0 Å². The maximum absolute atomic E-state index is 14.2. The maximum Gasteiger partial charge on any atom is 0.246 e. The van der Waals surface area contributed by atoms with Gasteiger partial charge in [0.2, 0.25) is 23.6 Å². The standard InChI is InChI=1S/C43H63N5O6/c1-30(2)26-35(39(50)43(4)29-54-43)45-41(52)37(28-33-20-14-11-15-21-33)48-31(3)27-36(42(48)53)46-40(51)34(24-23-32-18-12-10-13-19-32)44-38(49)22-16-8-7-9-17-25-47(5)6/h10-15,18-21,30-31,34-37H,7-9,16-17,22-29H2,1-6H3,(H,44,49)(H,45,52)(H,46,51)/t31?,34-,35?,36?,37-,43?/m0/s1. The average Bonchev–Trinajstić information content (AvgIpc) is 3.83. The van der Waals surface area contributed by atoms with E-state index in [1.807, 2.05) is 81.4 Å². The Balaban J connectivity index is 1.45. The predicted octanol–water partition coefficient (Wildman–Crippen LogP) is 4.61. The number of hydrogen-bond acceptors (Lipinski definition) is 7. The number of aryl methyl sites for hydroxylation is 1. The molecule has 4 rings (SSSR count). The van der Waals surface area contributed by atoms with Gasteiger partial charge in [0, 0.05) is 18.9 Å². The molecule has 0 radical (unpaired) electrons. The van der Waals surface area contributed by atoms with Gasteiger partial charge in [0.05, 0.1) is 12.6 Å². The largest absolute Gasteiger partial charge is 0.361 e. The molecule has 2 heterocycles. The number of benzene rings is 2. The van der Waals surface area contributed by atoms with E-state index in [0.717, 1.165) is 49.8 Å². The van der Waals surface area contributed by atoms with Crippen molar-refractivity contribution >= 4 is 29.4 Å². The molecule has 4 unspecified atom stereocenters. The van der Waals surface area contributed by atoms with E-state index in [1.54, 1.807) is 11.8 Å². The Morgan fingerprint density at radius 1 is 0.870 bits per heavy atom. The number of nitrogens with zero attached hydrogens (tertiary/aromatic N) is 2. The highest BCUT2D eigenvalue weighted by Crippen LogP contribution is 2.30. The van der Waals surface area contributed by atoms with E-state index in [-0.39, 0.29) is 36.0 Å². The van der Waals surface area contributed by atoms with E-state index in [2.05, 4.69) is 34.9 Å². The number of likely N-dealkylation sites (tertiary alicyclic amines) is 1. The molecule has 3 N–H and O–H groups in total. The van der Waals surface area contributed by atoms with Crippen LogP contribution in [0.5, 0.6) is 0 Å². The van der Waals surface area contributed by atoms with Crippen LogP contribution in [0.2, 0.25) is 0 Å². The van der Waals surface area contributed by atoms with Gasteiger partial charge in [-0.3, -0.25) is 24.0 Å². The van der Waals surface area contributed by atoms with Crippen molar-refractivity contribution in [2.24, 2.45) is 5.92 Å². The minimum absolute atomic E-state index is 0.134. The monoisotopic (exact) mass is 745 g/mol. The fourth-order valence-corrected chi connectivity index (χ4v) is 7.29. The van der Waals surface area contributed by atoms with Gasteiger partial charge in [-0.1, -0.05) is 93.8 Å². The van der Waals surface area contributed by atoms with Crippen molar-refractivity contribution in [2.75, 3.05) is 27.2 Å². The SMILES string of the molecule is CC(C)CC(NC(=O)[C@H](Cc1ccccc1)N1C(=O)C(NC(=O)[C@H](CCc2ccccc2)NC(=O)CCCCCCCN(C)C)CC1C)C(=O)C1(C)CO1. The second-order valence-electron chi connectivity index (χ2n) is 16.1. The van der Waals surface area contributed by atoms with Gasteiger partial charge in [-0.25, -0.2) is 0 Å². The van der Waals surface area contributed by atoms with Gasteiger partial charge in [0.15, 0.2) is 5.78 Å². The summed E-state index contributed by atoms with van der Waals surface area (Å²) in [5.74, 6) is -1.41. The third-order valence-electron chi connectivity index (χ3n) is 10.5. The van der Waals surface area contributed by atoms with Crippen molar-refractivity contribution in [2.45, 2.75) is 134 Å². The Hall–Kier alpha value is -4.09. The predicted molar refractivity (Wildman–Crippen MR) is 210 cm³/mol. The summed E-state index contributed by atoms with van der Waals surface area (Å²) in [5.41, 5.74) is 1.00. The first-order valence-electron chi connectivity index (χ1n) is 19.9. The lowest BCUT2D eigenvalue weighted by molar-refractivity contribution is -0.142. The number of rotatable bonds is 23. The van der Waals surface area contributed by atoms with E-state index in [0.29, 0.717) is 38.7 Å². The van der Waals surface area contributed by atoms with Crippen LogP contribution in [0.25, 0.3) is 0 Å². The quantitative estimate of drug-likeness (QED) is 0.112. The smallest absolute Gasteiger partial charge is 0.246 e. The lowest BCUT2D eigenvalue weighted by Crippen LogP contribution is -2.57. The normalized spacial score (nSPS) is 21.1. The summed E-state index contributed by atoms with van der Waals surface area (Å²) in [6.45, 7) is 8.97.